The average molecular weight is 283 g/mol. The molecule has 4 nitrogen and oxygen atoms in total. The summed E-state index contributed by atoms with van der Waals surface area (Å²) in [6.45, 7) is 7.26. The van der Waals surface area contributed by atoms with Crippen LogP contribution in [0.5, 0.6) is 11.5 Å². The number of phenolic OH excluding ortho intramolecular Hbond substituents is 1. The number of aryl methyl sites for hydroxylation is 1. The van der Waals surface area contributed by atoms with Gasteiger partial charge in [-0.15, -0.1) is 11.8 Å². The number of nitrogens with zero attached hydrogens (tertiary/aromatic N) is 1. The smallest absolute Gasteiger partial charge is 0.232 e. The number of benzene rings is 1. The molecule has 0 saturated carbocycles. The minimum Gasteiger partial charge on any atom is -0.503 e. The molecule has 0 aromatic heterocycles. The van der Waals surface area contributed by atoms with E-state index in [-0.39, 0.29) is 11.7 Å². The number of hydrogen-bond acceptors (Lipinski definition) is 4. The van der Waals surface area contributed by atoms with Crippen LogP contribution < -0.4 is 4.74 Å². The Morgan fingerprint density at radius 1 is 1.37 bits per heavy atom. The lowest BCUT2D eigenvalue weighted by molar-refractivity contribution is -0.127. The van der Waals surface area contributed by atoms with Crippen molar-refractivity contribution in [2.45, 2.75) is 25.7 Å². The Labute approximate surface area is 118 Å². The fraction of sp³-hybridized carbons (Fsp3) is 0.500. The SMILES string of the molecule is CCN(CC)C(=O)CSc1cc(C)cc(OC)c1O. The first kappa shape index (κ1) is 15.7. The van der Waals surface area contributed by atoms with Crippen molar-refractivity contribution < 1.29 is 14.6 Å². The van der Waals surface area contributed by atoms with E-state index >= 15 is 0 Å². The first-order valence-corrected chi connectivity index (χ1v) is 7.30. The molecule has 0 unspecified atom stereocenters. The number of thioether (sulfide) groups is 1. The van der Waals surface area contributed by atoms with Crippen LogP contribution in [0, 0.1) is 6.92 Å². The van der Waals surface area contributed by atoms with Crippen molar-refractivity contribution in [2.24, 2.45) is 0 Å². The van der Waals surface area contributed by atoms with Crippen molar-refractivity contribution in [1.82, 2.24) is 4.90 Å². The van der Waals surface area contributed by atoms with Crippen LogP contribution in [-0.4, -0.2) is 41.9 Å². The summed E-state index contributed by atoms with van der Waals surface area (Å²) in [5, 5.41) is 10.0. The topological polar surface area (TPSA) is 49.8 Å². The van der Waals surface area contributed by atoms with Crippen molar-refractivity contribution in [2.75, 3.05) is 26.0 Å². The maximum absolute atomic E-state index is 11.9. The highest BCUT2D eigenvalue weighted by Crippen LogP contribution is 2.37. The molecule has 106 valence electrons. The Balaban J connectivity index is 2.78. The van der Waals surface area contributed by atoms with Crippen LogP contribution in [0.25, 0.3) is 0 Å². The third-order valence-electron chi connectivity index (χ3n) is 2.87. The standard InChI is InChI=1S/C14H21NO3S/c1-5-15(6-2)13(16)9-19-12-8-10(3)7-11(18-4)14(12)17/h7-8,17H,5-6,9H2,1-4H3. The molecule has 0 aliphatic carbocycles. The molecule has 0 heterocycles. The second-order valence-corrected chi connectivity index (χ2v) is 5.19. The third kappa shape index (κ3) is 4.06. The van der Waals surface area contributed by atoms with E-state index in [2.05, 4.69) is 0 Å². The Morgan fingerprint density at radius 3 is 2.53 bits per heavy atom. The van der Waals surface area contributed by atoms with Crippen LogP contribution in [0.4, 0.5) is 0 Å². The Morgan fingerprint density at radius 2 is 2.00 bits per heavy atom. The summed E-state index contributed by atoms with van der Waals surface area (Å²) in [4.78, 5) is 14.4. The molecule has 0 aliphatic rings. The van der Waals surface area contributed by atoms with Crippen LogP contribution in [-0.2, 0) is 4.79 Å². The van der Waals surface area contributed by atoms with E-state index in [0.29, 0.717) is 29.5 Å². The quantitative estimate of drug-likeness (QED) is 0.816. The lowest BCUT2D eigenvalue weighted by Gasteiger charge is -2.18. The summed E-state index contributed by atoms with van der Waals surface area (Å²) >= 11 is 1.34. The number of aromatic hydroxyl groups is 1. The maximum Gasteiger partial charge on any atom is 0.232 e. The molecule has 1 amide bonds. The van der Waals surface area contributed by atoms with E-state index in [1.165, 1.54) is 18.9 Å². The highest BCUT2D eigenvalue weighted by molar-refractivity contribution is 8.00. The predicted molar refractivity (Wildman–Crippen MR) is 78.0 cm³/mol. The Kier molecular flexibility index (Phi) is 6.02. The van der Waals surface area contributed by atoms with Crippen molar-refractivity contribution >= 4 is 17.7 Å². The van der Waals surface area contributed by atoms with E-state index in [1.807, 2.05) is 26.8 Å². The largest absolute Gasteiger partial charge is 0.503 e. The minimum atomic E-state index is 0.0786. The van der Waals surface area contributed by atoms with Crippen molar-refractivity contribution in [3.8, 4) is 11.5 Å². The molecule has 0 atom stereocenters. The molecular weight excluding hydrogens is 262 g/mol. The monoisotopic (exact) mass is 283 g/mol. The molecule has 5 heteroatoms. The van der Waals surface area contributed by atoms with Gasteiger partial charge in [-0.3, -0.25) is 4.79 Å². The number of carbonyl (C=O) groups excluding carboxylic acids is 1. The van der Waals surface area contributed by atoms with Gasteiger partial charge < -0.3 is 14.7 Å². The molecule has 0 saturated heterocycles. The molecule has 0 aliphatic heterocycles. The molecule has 0 spiro atoms. The van der Waals surface area contributed by atoms with Gasteiger partial charge >= 0.3 is 0 Å². The summed E-state index contributed by atoms with van der Waals surface area (Å²) in [6.07, 6.45) is 0. The lowest BCUT2D eigenvalue weighted by Crippen LogP contribution is -2.31. The summed E-state index contributed by atoms with van der Waals surface area (Å²) in [7, 11) is 1.52. The Bertz CT molecular complexity index is 445. The molecule has 1 N–H and O–H groups in total. The van der Waals surface area contributed by atoms with Crippen molar-refractivity contribution in [3.63, 3.8) is 0 Å². The third-order valence-corrected chi connectivity index (χ3v) is 3.89. The van der Waals surface area contributed by atoms with Crippen LogP contribution in [0.3, 0.4) is 0 Å². The van der Waals surface area contributed by atoms with Crippen LogP contribution in [0.15, 0.2) is 17.0 Å². The van der Waals surface area contributed by atoms with Gasteiger partial charge in [-0.05, 0) is 38.5 Å². The number of methoxy groups -OCH3 is 1. The number of carbonyl (C=O) groups is 1. The summed E-state index contributed by atoms with van der Waals surface area (Å²) in [5.74, 6) is 0.945. The maximum atomic E-state index is 11.9. The summed E-state index contributed by atoms with van der Waals surface area (Å²) in [5.41, 5.74) is 0.993. The van der Waals surface area contributed by atoms with E-state index < -0.39 is 0 Å². The highest BCUT2D eigenvalue weighted by Gasteiger charge is 2.14. The zero-order chi connectivity index (χ0) is 14.4. The van der Waals surface area contributed by atoms with Gasteiger partial charge in [0.05, 0.1) is 17.8 Å². The van der Waals surface area contributed by atoms with Gasteiger partial charge in [0.1, 0.15) is 0 Å². The van der Waals surface area contributed by atoms with Gasteiger partial charge in [-0.2, -0.15) is 0 Å². The van der Waals surface area contributed by atoms with Gasteiger partial charge in [0, 0.05) is 13.1 Å². The second kappa shape index (κ2) is 7.28. The number of hydrogen-bond donors (Lipinski definition) is 1. The molecule has 19 heavy (non-hydrogen) atoms. The summed E-state index contributed by atoms with van der Waals surface area (Å²) < 4.78 is 5.10. The van der Waals surface area contributed by atoms with Crippen LogP contribution in [0.1, 0.15) is 19.4 Å². The number of phenols is 1. The fourth-order valence-electron chi connectivity index (χ4n) is 1.79. The number of ether oxygens (including phenoxy) is 1. The van der Waals surface area contributed by atoms with Crippen molar-refractivity contribution in [1.29, 1.82) is 0 Å². The van der Waals surface area contributed by atoms with Gasteiger partial charge in [-0.25, -0.2) is 0 Å². The van der Waals surface area contributed by atoms with E-state index in [1.54, 1.807) is 11.0 Å². The molecule has 0 fully saturated rings. The molecule has 0 radical (unpaired) electrons. The van der Waals surface area contributed by atoms with E-state index in [9.17, 15) is 9.90 Å². The minimum absolute atomic E-state index is 0.0786. The Hall–Kier alpha value is -1.36. The first-order chi connectivity index (χ1) is 9.03. The molecule has 0 bridgehead atoms. The normalized spacial score (nSPS) is 10.3. The molecule has 1 aromatic carbocycles. The van der Waals surface area contributed by atoms with Crippen LogP contribution in [0.2, 0.25) is 0 Å². The number of rotatable bonds is 6. The zero-order valence-electron chi connectivity index (χ0n) is 11.9. The zero-order valence-corrected chi connectivity index (χ0v) is 12.7. The van der Waals surface area contributed by atoms with Crippen LogP contribution >= 0.6 is 11.8 Å². The summed E-state index contributed by atoms with van der Waals surface area (Å²) in [6, 6.07) is 3.63. The molecule has 1 aromatic rings. The van der Waals surface area contributed by atoms with Gasteiger partial charge in [0.15, 0.2) is 11.5 Å². The first-order valence-electron chi connectivity index (χ1n) is 6.31. The predicted octanol–water partition coefficient (Wildman–Crippen LogP) is 2.67. The molecule has 1 rings (SSSR count). The van der Waals surface area contributed by atoms with Crippen molar-refractivity contribution in [3.05, 3.63) is 17.7 Å². The fourth-order valence-corrected chi connectivity index (χ4v) is 2.75. The highest BCUT2D eigenvalue weighted by atomic mass is 32.2. The lowest BCUT2D eigenvalue weighted by atomic mass is 10.2. The van der Waals surface area contributed by atoms with Gasteiger partial charge in [0.25, 0.3) is 0 Å². The molecular formula is C14H21NO3S. The number of amides is 1. The average Bonchev–Trinajstić information content (AvgIpc) is 2.40. The van der Waals surface area contributed by atoms with E-state index in [0.717, 1.165) is 5.56 Å². The van der Waals surface area contributed by atoms with E-state index in [4.69, 9.17) is 4.74 Å². The van der Waals surface area contributed by atoms with Gasteiger partial charge in [-0.1, -0.05) is 0 Å². The van der Waals surface area contributed by atoms with Gasteiger partial charge in [0.2, 0.25) is 5.91 Å². The second-order valence-electron chi connectivity index (χ2n) is 4.17.